The van der Waals surface area contributed by atoms with Crippen molar-refractivity contribution in [3.8, 4) is 0 Å². The summed E-state index contributed by atoms with van der Waals surface area (Å²) in [5.41, 5.74) is 2.91. The second-order valence-electron chi connectivity index (χ2n) is 6.24. The van der Waals surface area contributed by atoms with Crippen LogP contribution in [0.2, 0.25) is 0 Å². The number of methoxy groups -OCH3 is 1. The van der Waals surface area contributed by atoms with Crippen LogP contribution in [0, 0.1) is 5.41 Å². The third-order valence-corrected chi connectivity index (χ3v) is 5.61. The van der Waals surface area contributed by atoms with Crippen LogP contribution in [0.3, 0.4) is 0 Å². The average Bonchev–Trinajstić information content (AvgIpc) is 3.04. The Kier molecular flexibility index (Phi) is 6.26. The molecule has 1 heterocycles. The van der Waals surface area contributed by atoms with E-state index in [1.54, 1.807) is 7.11 Å². The van der Waals surface area contributed by atoms with E-state index in [-0.39, 0.29) is 0 Å². The number of hydrogen-bond donors (Lipinski definition) is 1. The van der Waals surface area contributed by atoms with Gasteiger partial charge < -0.3 is 10.1 Å². The molecular weight excluding hydrogens is 330 g/mol. The fourth-order valence-corrected chi connectivity index (χ4v) is 4.19. The van der Waals surface area contributed by atoms with Crippen LogP contribution in [0.15, 0.2) is 4.47 Å². The fraction of sp³-hybridized carbons (Fsp3) is 0.812. The molecule has 1 fully saturated rings. The first kappa shape index (κ1) is 17.0. The molecule has 2 rings (SSSR count). The highest BCUT2D eigenvalue weighted by Crippen LogP contribution is 2.42. The van der Waals surface area contributed by atoms with Gasteiger partial charge in [0, 0.05) is 27.2 Å². The first-order chi connectivity index (χ1) is 10.1. The van der Waals surface area contributed by atoms with Crippen molar-refractivity contribution in [1.29, 1.82) is 0 Å². The number of rotatable bonds is 8. The Labute approximate surface area is 136 Å². The van der Waals surface area contributed by atoms with Crippen molar-refractivity contribution in [1.82, 2.24) is 15.1 Å². The summed E-state index contributed by atoms with van der Waals surface area (Å²) in [7, 11) is 3.83. The van der Waals surface area contributed by atoms with Crippen LogP contribution in [0.4, 0.5) is 0 Å². The van der Waals surface area contributed by atoms with Gasteiger partial charge >= 0.3 is 0 Å². The van der Waals surface area contributed by atoms with Gasteiger partial charge in [0.25, 0.3) is 0 Å². The van der Waals surface area contributed by atoms with Gasteiger partial charge in [0.2, 0.25) is 0 Å². The van der Waals surface area contributed by atoms with E-state index in [4.69, 9.17) is 4.74 Å². The minimum Gasteiger partial charge on any atom is -0.383 e. The summed E-state index contributed by atoms with van der Waals surface area (Å²) in [5.74, 6) is 0. The van der Waals surface area contributed by atoms with Gasteiger partial charge in [-0.15, -0.1) is 0 Å². The van der Waals surface area contributed by atoms with Crippen LogP contribution in [0.1, 0.15) is 44.0 Å². The van der Waals surface area contributed by atoms with Gasteiger partial charge in [-0.25, -0.2) is 0 Å². The van der Waals surface area contributed by atoms with Gasteiger partial charge in [0.1, 0.15) is 0 Å². The summed E-state index contributed by atoms with van der Waals surface area (Å²) in [6, 6.07) is 0. The monoisotopic (exact) mass is 357 g/mol. The van der Waals surface area contributed by atoms with Crippen LogP contribution in [-0.2, 0) is 24.6 Å². The highest BCUT2D eigenvalue weighted by molar-refractivity contribution is 9.10. The topological polar surface area (TPSA) is 39.1 Å². The lowest BCUT2D eigenvalue weighted by molar-refractivity contribution is 0.189. The van der Waals surface area contributed by atoms with Crippen LogP contribution in [0.5, 0.6) is 0 Å². The van der Waals surface area contributed by atoms with Crippen molar-refractivity contribution in [2.45, 2.75) is 45.4 Å². The molecule has 1 aromatic rings. The third-order valence-electron chi connectivity index (χ3n) is 4.69. The predicted molar refractivity (Wildman–Crippen MR) is 89.6 cm³/mol. The molecule has 21 heavy (non-hydrogen) atoms. The van der Waals surface area contributed by atoms with Gasteiger partial charge in [-0.2, -0.15) is 5.10 Å². The van der Waals surface area contributed by atoms with Gasteiger partial charge in [0.15, 0.2) is 0 Å². The van der Waals surface area contributed by atoms with Gasteiger partial charge in [-0.1, -0.05) is 19.8 Å². The lowest BCUT2D eigenvalue weighted by Gasteiger charge is -2.29. The van der Waals surface area contributed by atoms with Crippen molar-refractivity contribution < 1.29 is 4.74 Å². The van der Waals surface area contributed by atoms with Crippen molar-refractivity contribution in [2.75, 3.05) is 26.8 Å². The molecule has 0 saturated heterocycles. The summed E-state index contributed by atoms with van der Waals surface area (Å²) in [6.45, 7) is 4.96. The van der Waals surface area contributed by atoms with Gasteiger partial charge in [0.05, 0.1) is 22.5 Å². The summed E-state index contributed by atoms with van der Waals surface area (Å²) in [6.07, 6.45) is 7.41. The SMILES string of the molecule is CCc1nn(C)c(CC2(CNCCOC)CCCC2)c1Br. The lowest BCUT2D eigenvalue weighted by atomic mass is 9.81. The highest BCUT2D eigenvalue weighted by atomic mass is 79.9. The number of aromatic nitrogens is 2. The first-order valence-corrected chi connectivity index (χ1v) is 8.81. The molecule has 0 spiro atoms. The zero-order valence-corrected chi connectivity index (χ0v) is 15.1. The zero-order valence-electron chi connectivity index (χ0n) is 13.5. The number of hydrogen-bond acceptors (Lipinski definition) is 3. The normalized spacial score (nSPS) is 17.5. The van der Waals surface area contributed by atoms with Crippen molar-refractivity contribution in [3.63, 3.8) is 0 Å². The minimum atomic E-state index is 0.384. The molecule has 0 unspecified atom stereocenters. The molecule has 120 valence electrons. The molecule has 4 nitrogen and oxygen atoms in total. The summed E-state index contributed by atoms with van der Waals surface area (Å²) < 4.78 is 8.42. The van der Waals surface area contributed by atoms with Crippen LogP contribution >= 0.6 is 15.9 Å². The molecule has 0 bridgehead atoms. The maximum atomic E-state index is 5.13. The average molecular weight is 358 g/mol. The van der Waals surface area contributed by atoms with Gasteiger partial charge in [-0.3, -0.25) is 4.68 Å². The number of ether oxygens (including phenoxy) is 1. The molecule has 5 heteroatoms. The maximum Gasteiger partial charge on any atom is 0.0766 e. The molecule has 0 amide bonds. The Bertz CT molecular complexity index is 453. The van der Waals surface area contributed by atoms with E-state index in [0.29, 0.717) is 5.41 Å². The molecule has 0 atom stereocenters. The highest BCUT2D eigenvalue weighted by Gasteiger charge is 2.35. The second kappa shape index (κ2) is 7.75. The lowest BCUT2D eigenvalue weighted by Crippen LogP contribution is -2.36. The Morgan fingerprint density at radius 2 is 2.10 bits per heavy atom. The van der Waals surface area contributed by atoms with Crippen molar-refractivity contribution in [2.24, 2.45) is 12.5 Å². The predicted octanol–water partition coefficient (Wildman–Crippen LogP) is 3.08. The molecule has 1 saturated carbocycles. The van der Waals surface area contributed by atoms with E-state index in [9.17, 15) is 0 Å². The minimum absolute atomic E-state index is 0.384. The van der Waals surface area contributed by atoms with Gasteiger partial charge in [-0.05, 0) is 47.0 Å². The fourth-order valence-electron chi connectivity index (χ4n) is 3.44. The van der Waals surface area contributed by atoms with E-state index < -0.39 is 0 Å². The number of halogens is 1. The van der Waals surface area contributed by atoms with Crippen LogP contribution in [0.25, 0.3) is 0 Å². The van der Waals surface area contributed by atoms with Crippen molar-refractivity contribution in [3.05, 3.63) is 15.9 Å². The Morgan fingerprint density at radius 1 is 1.38 bits per heavy atom. The Hall–Kier alpha value is -0.390. The standard InChI is InChI=1S/C16H28BrN3O/c1-4-13-15(17)14(20(2)19-13)11-16(7-5-6-8-16)12-18-9-10-21-3/h18H,4-12H2,1-3H3. The molecule has 1 aromatic heterocycles. The number of aryl methyl sites for hydroxylation is 2. The quantitative estimate of drug-likeness (QED) is 0.726. The molecule has 0 radical (unpaired) electrons. The van der Waals surface area contributed by atoms with E-state index in [2.05, 4.69) is 45.0 Å². The van der Waals surface area contributed by atoms with E-state index in [1.165, 1.54) is 41.5 Å². The number of nitrogens with one attached hydrogen (secondary N) is 1. The van der Waals surface area contributed by atoms with Crippen LogP contribution in [-0.4, -0.2) is 36.6 Å². The van der Waals surface area contributed by atoms with E-state index in [1.807, 2.05) is 0 Å². The Morgan fingerprint density at radius 3 is 2.67 bits per heavy atom. The summed E-state index contributed by atoms with van der Waals surface area (Å²) in [5, 5.41) is 8.22. The van der Waals surface area contributed by atoms with E-state index in [0.717, 1.165) is 32.5 Å². The number of nitrogens with zero attached hydrogens (tertiary/aromatic N) is 2. The second-order valence-corrected chi connectivity index (χ2v) is 7.03. The van der Waals surface area contributed by atoms with Crippen molar-refractivity contribution >= 4 is 15.9 Å². The van der Waals surface area contributed by atoms with E-state index >= 15 is 0 Å². The largest absolute Gasteiger partial charge is 0.383 e. The molecular formula is C16H28BrN3O. The molecule has 1 aliphatic rings. The molecule has 0 aliphatic heterocycles. The van der Waals surface area contributed by atoms with Crippen LogP contribution < -0.4 is 5.32 Å². The maximum absolute atomic E-state index is 5.13. The Balaban J connectivity index is 2.07. The summed E-state index contributed by atoms with van der Waals surface area (Å²) >= 11 is 3.76. The molecule has 1 N–H and O–H groups in total. The first-order valence-electron chi connectivity index (χ1n) is 8.02. The summed E-state index contributed by atoms with van der Waals surface area (Å²) in [4.78, 5) is 0. The third kappa shape index (κ3) is 4.08. The molecule has 0 aromatic carbocycles. The zero-order chi connectivity index (χ0) is 15.3. The molecule has 1 aliphatic carbocycles. The smallest absolute Gasteiger partial charge is 0.0766 e.